The molecule has 3 heterocycles. The number of aromatic nitrogens is 1. The minimum absolute atomic E-state index is 0.194. The van der Waals surface area contributed by atoms with Crippen molar-refractivity contribution < 1.29 is 4.42 Å². The van der Waals surface area contributed by atoms with E-state index >= 15 is 0 Å². The van der Waals surface area contributed by atoms with Crippen molar-refractivity contribution in [3.8, 4) is 0 Å². The molecule has 1 aliphatic heterocycles. The number of aromatic amines is 1. The van der Waals surface area contributed by atoms with Crippen molar-refractivity contribution in [2.75, 3.05) is 0 Å². The van der Waals surface area contributed by atoms with Crippen LogP contribution < -0.4 is 0 Å². The standard InChI is InChI=1S/C31H26N2O/c1-31-24-12-6-8-14-27(24)33(19-9-3-2-4-10-19)29(31)16-15-21-23-17-22-20-11-5-7-13-25(20)32-26(22)18-28(23)34-30(21)31/h2-7,9,11-13,15-19,29,32H,8,10,14H2,1H3. The Morgan fingerprint density at radius 1 is 0.971 bits per heavy atom. The van der Waals surface area contributed by atoms with Crippen molar-refractivity contribution in [3.63, 3.8) is 0 Å². The van der Waals surface area contributed by atoms with E-state index in [9.17, 15) is 0 Å². The molecule has 3 nitrogen and oxygen atoms in total. The number of hydrogen-bond acceptors (Lipinski definition) is 2. The summed E-state index contributed by atoms with van der Waals surface area (Å²) in [7, 11) is 0. The predicted molar refractivity (Wildman–Crippen MR) is 140 cm³/mol. The molecule has 34 heavy (non-hydrogen) atoms. The molecule has 3 aliphatic carbocycles. The van der Waals surface area contributed by atoms with Gasteiger partial charge in [0.2, 0.25) is 0 Å². The lowest BCUT2D eigenvalue weighted by atomic mass is 9.70. The topological polar surface area (TPSA) is 32.2 Å². The predicted octanol–water partition coefficient (Wildman–Crippen LogP) is 7.52. The maximum absolute atomic E-state index is 6.80. The van der Waals surface area contributed by atoms with Gasteiger partial charge in [0.1, 0.15) is 11.3 Å². The molecule has 3 unspecified atom stereocenters. The van der Waals surface area contributed by atoms with Gasteiger partial charge in [-0.3, -0.25) is 0 Å². The Labute approximate surface area is 198 Å². The van der Waals surface area contributed by atoms with E-state index in [1.165, 1.54) is 38.5 Å². The van der Waals surface area contributed by atoms with Crippen LogP contribution in [0.3, 0.4) is 0 Å². The number of rotatable bonds is 1. The maximum atomic E-state index is 6.80. The van der Waals surface area contributed by atoms with E-state index in [4.69, 9.17) is 4.42 Å². The Balaban J connectivity index is 1.37. The third-order valence-electron chi connectivity index (χ3n) is 8.49. The summed E-state index contributed by atoms with van der Waals surface area (Å²) in [5, 5.41) is 3.74. The van der Waals surface area contributed by atoms with Crippen molar-refractivity contribution in [2.24, 2.45) is 0 Å². The van der Waals surface area contributed by atoms with Crippen LogP contribution in [0.15, 0.2) is 94.6 Å². The van der Waals surface area contributed by atoms with E-state index in [1.54, 1.807) is 0 Å². The first-order valence-electron chi connectivity index (χ1n) is 12.4. The van der Waals surface area contributed by atoms with Crippen LogP contribution in [0.25, 0.3) is 38.9 Å². The van der Waals surface area contributed by atoms with E-state index < -0.39 is 0 Å². The number of fused-ring (bicyclic) bond motifs is 9. The Hall–Kier alpha value is -3.72. The van der Waals surface area contributed by atoms with Gasteiger partial charge in [0, 0.05) is 39.0 Å². The largest absolute Gasteiger partial charge is 0.459 e. The van der Waals surface area contributed by atoms with Crippen LogP contribution >= 0.6 is 0 Å². The lowest BCUT2D eigenvalue weighted by molar-refractivity contribution is 0.208. The second kappa shape index (κ2) is 6.44. The van der Waals surface area contributed by atoms with Gasteiger partial charge in [0.25, 0.3) is 0 Å². The van der Waals surface area contributed by atoms with Crippen LogP contribution in [0, 0.1) is 0 Å². The highest BCUT2D eigenvalue weighted by Gasteiger charge is 2.54. The average Bonchev–Trinajstić information content (AvgIpc) is 3.51. The molecular weight excluding hydrogens is 416 g/mol. The zero-order valence-electron chi connectivity index (χ0n) is 19.2. The first-order chi connectivity index (χ1) is 16.7. The number of para-hydroxylation sites is 1. The molecule has 166 valence electrons. The van der Waals surface area contributed by atoms with Crippen LogP contribution in [-0.2, 0) is 5.41 Å². The van der Waals surface area contributed by atoms with Gasteiger partial charge in [0.05, 0.1) is 23.0 Å². The summed E-state index contributed by atoms with van der Waals surface area (Å²) in [5.41, 5.74) is 7.26. The number of nitrogens with zero attached hydrogens (tertiary/aromatic N) is 1. The van der Waals surface area contributed by atoms with E-state index in [0.29, 0.717) is 6.04 Å². The van der Waals surface area contributed by atoms with Gasteiger partial charge in [-0.15, -0.1) is 0 Å². The molecule has 1 N–H and O–H groups in total. The molecule has 2 aromatic carbocycles. The van der Waals surface area contributed by atoms with Crippen LogP contribution in [0.4, 0.5) is 0 Å². The lowest BCUT2D eigenvalue weighted by Gasteiger charge is -2.41. The molecule has 0 spiro atoms. The Morgan fingerprint density at radius 3 is 2.82 bits per heavy atom. The van der Waals surface area contributed by atoms with E-state index in [-0.39, 0.29) is 11.5 Å². The molecule has 2 aromatic heterocycles. The summed E-state index contributed by atoms with van der Waals surface area (Å²) >= 11 is 0. The van der Waals surface area contributed by atoms with Crippen molar-refractivity contribution in [2.45, 2.75) is 43.7 Å². The number of nitrogens with one attached hydrogen (secondary N) is 1. The smallest absolute Gasteiger partial charge is 0.137 e. The summed E-state index contributed by atoms with van der Waals surface area (Å²) in [6, 6.07) is 13.7. The Morgan fingerprint density at radius 2 is 1.91 bits per heavy atom. The molecule has 0 saturated carbocycles. The van der Waals surface area contributed by atoms with Gasteiger partial charge in [-0.05, 0) is 43.9 Å². The molecular formula is C31H26N2O. The minimum atomic E-state index is -0.194. The van der Waals surface area contributed by atoms with Crippen molar-refractivity contribution >= 4 is 38.9 Å². The average molecular weight is 443 g/mol. The van der Waals surface area contributed by atoms with Gasteiger partial charge in [-0.25, -0.2) is 0 Å². The first kappa shape index (κ1) is 18.7. The summed E-state index contributed by atoms with van der Waals surface area (Å²) in [6.45, 7) is 2.40. The third-order valence-corrected chi connectivity index (χ3v) is 8.49. The van der Waals surface area contributed by atoms with E-state index in [0.717, 1.165) is 36.1 Å². The van der Waals surface area contributed by atoms with Gasteiger partial charge >= 0.3 is 0 Å². The summed E-state index contributed by atoms with van der Waals surface area (Å²) in [4.78, 5) is 6.26. The Kier molecular flexibility index (Phi) is 3.54. The molecule has 0 bridgehead atoms. The second-order valence-corrected chi connectivity index (χ2v) is 10.2. The highest BCUT2D eigenvalue weighted by Crippen LogP contribution is 2.55. The van der Waals surface area contributed by atoms with Gasteiger partial charge in [0.15, 0.2) is 0 Å². The van der Waals surface area contributed by atoms with Crippen LogP contribution in [-0.4, -0.2) is 22.0 Å². The second-order valence-electron chi connectivity index (χ2n) is 10.2. The molecule has 4 aliphatic rings. The summed E-state index contributed by atoms with van der Waals surface area (Å²) in [6.07, 6.45) is 21.8. The third kappa shape index (κ3) is 2.22. The number of allylic oxidation sites excluding steroid dienone is 5. The van der Waals surface area contributed by atoms with E-state index in [1.807, 2.05) is 0 Å². The summed E-state index contributed by atoms with van der Waals surface area (Å²) < 4.78 is 6.80. The van der Waals surface area contributed by atoms with Crippen molar-refractivity contribution in [1.82, 2.24) is 9.88 Å². The van der Waals surface area contributed by atoms with Crippen LogP contribution in [0.2, 0.25) is 0 Å². The van der Waals surface area contributed by atoms with E-state index in [2.05, 4.69) is 102 Å². The SMILES string of the molecule is CC12C3=C(CCC=C3)N(C3C=CC=CC3)C1C=Cc1c2oc2cc3[nH]c4ccccc4c3cc12. The monoisotopic (exact) mass is 442 g/mol. The van der Waals surface area contributed by atoms with Crippen molar-refractivity contribution in [1.29, 1.82) is 0 Å². The molecule has 3 heteroatoms. The normalized spacial score (nSPS) is 27.3. The molecule has 0 amide bonds. The molecule has 8 rings (SSSR count). The number of hydrogen-bond donors (Lipinski definition) is 1. The van der Waals surface area contributed by atoms with Crippen LogP contribution in [0.1, 0.15) is 37.5 Å². The quantitative estimate of drug-likeness (QED) is 0.330. The fraction of sp³-hybridized carbons (Fsp3) is 0.226. The van der Waals surface area contributed by atoms with Crippen LogP contribution in [0.5, 0.6) is 0 Å². The first-order valence-corrected chi connectivity index (χ1v) is 12.4. The molecule has 3 atom stereocenters. The number of H-pyrrole nitrogens is 1. The zero-order chi connectivity index (χ0) is 22.4. The lowest BCUT2D eigenvalue weighted by Crippen LogP contribution is -2.47. The van der Waals surface area contributed by atoms with Gasteiger partial charge in [-0.2, -0.15) is 0 Å². The molecule has 0 saturated heterocycles. The molecule has 0 fully saturated rings. The fourth-order valence-electron chi connectivity index (χ4n) is 6.92. The Bertz CT molecular complexity index is 1670. The number of furan rings is 1. The molecule has 0 radical (unpaired) electrons. The fourth-order valence-corrected chi connectivity index (χ4v) is 6.92. The zero-order valence-corrected chi connectivity index (χ0v) is 19.2. The summed E-state index contributed by atoms with van der Waals surface area (Å²) in [5.74, 6) is 1.11. The van der Waals surface area contributed by atoms with Crippen molar-refractivity contribution in [3.05, 3.63) is 102 Å². The minimum Gasteiger partial charge on any atom is -0.459 e. The highest BCUT2D eigenvalue weighted by molar-refractivity contribution is 6.12. The van der Waals surface area contributed by atoms with Gasteiger partial charge in [-0.1, -0.05) is 66.8 Å². The van der Waals surface area contributed by atoms with Gasteiger partial charge < -0.3 is 14.3 Å². The highest BCUT2D eigenvalue weighted by atomic mass is 16.3. The number of benzene rings is 2. The molecule has 4 aromatic rings. The maximum Gasteiger partial charge on any atom is 0.137 e.